The fourth-order valence-corrected chi connectivity index (χ4v) is 3.84. The molecule has 3 rings (SSSR count). The summed E-state index contributed by atoms with van der Waals surface area (Å²) >= 11 is 6.80. The number of ether oxygens (including phenoxy) is 2. The van der Waals surface area contributed by atoms with Gasteiger partial charge in [-0.05, 0) is 62.9 Å². The molecule has 0 spiro atoms. The Balaban J connectivity index is 1.78. The van der Waals surface area contributed by atoms with Gasteiger partial charge in [-0.1, -0.05) is 11.6 Å². The molecule has 0 radical (unpaired) electrons. The predicted molar refractivity (Wildman–Crippen MR) is 119 cm³/mol. The first-order valence-corrected chi connectivity index (χ1v) is 10.9. The van der Waals surface area contributed by atoms with Crippen molar-refractivity contribution >= 4 is 52.5 Å². The van der Waals surface area contributed by atoms with Gasteiger partial charge >= 0.3 is 11.9 Å². The molecule has 168 valence electrons. The number of carbonyl (C=O) groups is 4. The van der Waals surface area contributed by atoms with Crippen LogP contribution in [-0.4, -0.2) is 47.2 Å². The number of benzene rings is 1. The van der Waals surface area contributed by atoms with Crippen molar-refractivity contribution in [1.29, 1.82) is 0 Å². The van der Waals surface area contributed by atoms with Crippen molar-refractivity contribution in [3.8, 4) is 11.3 Å². The first-order chi connectivity index (χ1) is 15.2. The zero-order valence-corrected chi connectivity index (χ0v) is 19.1. The van der Waals surface area contributed by atoms with Crippen LogP contribution in [0.15, 0.2) is 39.7 Å². The maximum atomic E-state index is 12.5. The molecule has 2 aromatic rings. The van der Waals surface area contributed by atoms with Crippen LogP contribution in [-0.2, 0) is 19.1 Å². The second-order valence-corrected chi connectivity index (χ2v) is 8.32. The number of nitrogens with zero attached hydrogens (tertiary/aromatic N) is 1. The van der Waals surface area contributed by atoms with Crippen molar-refractivity contribution in [1.82, 2.24) is 4.90 Å². The number of halogens is 1. The molecule has 1 aliphatic rings. The molecule has 1 aromatic heterocycles. The molecule has 32 heavy (non-hydrogen) atoms. The largest absolute Gasteiger partial charge is 0.462 e. The summed E-state index contributed by atoms with van der Waals surface area (Å²) in [6, 6.07) is 8.08. The van der Waals surface area contributed by atoms with Crippen LogP contribution in [0.25, 0.3) is 17.4 Å². The van der Waals surface area contributed by atoms with Crippen LogP contribution in [0.4, 0.5) is 4.79 Å². The Kier molecular flexibility index (Phi) is 7.42. The molecule has 10 heteroatoms. The number of carbonyl (C=O) groups excluding carboxylic acids is 4. The van der Waals surface area contributed by atoms with Gasteiger partial charge in [0.25, 0.3) is 11.1 Å². The van der Waals surface area contributed by atoms with Crippen molar-refractivity contribution in [2.75, 3.05) is 13.2 Å². The second kappa shape index (κ2) is 10.1. The molecular weight excluding hydrogens is 458 g/mol. The molecule has 1 aromatic carbocycles. The number of furan rings is 1. The maximum Gasteiger partial charge on any atom is 0.339 e. The summed E-state index contributed by atoms with van der Waals surface area (Å²) in [4.78, 5) is 49.5. The van der Waals surface area contributed by atoms with Crippen LogP contribution in [0.5, 0.6) is 0 Å². The van der Waals surface area contributed by atoms with Gasteiger partial charge in [-0.3, -0.25) is 19.3 Å². The van der Waals surface area contributed by atoms with Gasteiger partial charge < -0.3 is 13.9 Å². The molecule has 1 fully saturated rings. The van der Waals surface area contributed by atoms with Gasteiger partial charge in [0.1, 0.15) is 18.1 Å². The van der Waals surface area contributed by atoms with Gasteiger partial charge in [-0.25, -0.2) is 4.79 Å². The lowest BCUT2D eigenvalue weighted by Gasteiger charge is -2.13. The Hall–Kier alpha value is -3.04. The smallest absolute Gasteiger partial charge is 0.339 e. The molecule has 2 amide bonds. The lowest BCUT2D eigenvalue weighted by molar-refractivity contribution is -0.149. The molecule has 0 saturated carbocycles. The summed E-state index contributed by atoms with van der Waals surface area (Å²) in [5, 5.41) is -0.311. The molecule has 0 bridgehead atoms. The second-order valence-electron chi connectivity index (χ2n) is 6.92. The van der Waals surface area contributed by atoms with Crippen LogP contribution >= 0.6 is 23.4 Å². The third kappa shape index (κ3) is 5.41. The summed E-state index contributed by atoms with van der Waals surface area (Å²) in [7, 11) is 0. The van der Waals surface area contributed by atoms with Gasteiger partial charge in [-0.15, -0.1) is 0 Å². The first-order valence-electron chi connectivity index (χ1n) is 9.71. The minimum atomic E-state index is -0.663. The topological polar surface area (TPSA) is 103 Å². The van der Waals surface area contributed by atoms with Crippen LogP contribution in [0.2, 0.25) is 5.02 Å². The van der Waals surface area contributed by atoms with E-state index in [0.717, 1.165) is 4.90 Å². The molecule has 1 saturated heterocycles. The number of thioether (sulfide) groups is 1. The van der Waals surface area contributed by atoms with Crippen LogP contribution in [0, 0.1) is 0 Å². The zero-order chi connectivity index (χ0) is 23.4. The van der Waals surface area contributed by atoms with Crippen LogP contribution < -0.4 is 0 Å². The fourth-order valence-electron chi connectivity index (χ4n) is 2.82. The van der Waals surface area contributed by atoms with E-state index in [4.69, 9.17) is 25.5 Å². The van der Waals surface area contributed by atoms with E-state index in [2.05, 4.69) is 0 Å². The summed E-state index contributed by atoms with van der Waals surface area (Å²) < 4.78 is 15.8. The van der Waals surface area contributed by atoms with Gasteiger partial charge in [0.15, 0.2) is 0 Å². The lowest BCUT2D eigenvalue weighted by Crippen LogP contribution is -2.35. The Morgan fingerprint density at radius 3 is 2.66 bits per heavy atom. The summed E-state index contributed by atoms with van der Waals surface area (Å²) in [5.74, 6) is -1.06. The highest BCUT2D eigenvalue weighted by Crippen LogP contribution is 2.34. The Bertz CT molecular complexity index is 1110. The molecule has 8 nitrogen and oxygen atoms in total. The number of imide groups is 1. The Morgan fingerprint density at radius 1 is 1.22 bits per heavy atom. The van der Waals surface area contributed by atoms with Gasteiger partial charge in [0.05, 0.1) is 28.2 Å². The summed E-state index contributed by atoms with van der Waals surface area (Å²) in [6.45, 7) is 4.82. The molecule has 1 aliphatic heterocycles. The highest BCUT2D eigenvalue weighted by atomic mass is 35.5. The van der Waals surface area contributed by atoms with E-state index in [1.807, 2.05) is 0 Å². The van der Waals surface area contributed by atoms with Crippen molar-refractivity contribution in [2.45, 2.75) is 26.9 Å². The van der Waals surface area contributed by atoms with Crippen LogP contribution in [0.1, 0.15) is 36.9 Å². The first kappa shape index (κ1) is 23.6. The quantitative estimate of drug-likeness (QED) is 0.415. The molecule has 0 unspecified atom stereocenters. The SMILES string of the molecule is CCOC(=O)c1cc(-c2ccc(/C=C3/SC(=O)N(CC(=O)OC(C)C)C3=O)o2)ccc1Cl. The number of amides is 2. The molecule has 0 atom stereocenters. The van der Waals surface area contributed by atoms with Crippen molar-refractivity contribution in [2.24, 2.45) is 0 Å². The number of hydrogen-bond donors (Lipinski definition) is 0. The number of hydrogen-bond acceptors (Lipinski definition) is 8. The molecule has 2 heterocycles. The normalized spacial score (nSPS) is 15.0. The molecule has 0 aliphatic carbocycles. The van der Waals surface area contributed by atoms with Gasteiger partial charge in [0.2, 0.25) is 0 Å². The van der Waals surface area contributed by atoms with Gasteiger partial charge in [0, 0.05) is 11.6 Å². The minimum Gasteiger partial charge on any atom is -0.462 e. The van der Waals surface area contributed by atoms with Crippen molar-refractivity contribution in [3.63, 3.8) is 0 Å². The van der Waals surface area contributed by atoms with E-state index < -0.39 is 29.6 Å². The lowest BCUT2D eigenvalue weighted by atomic mass is 10.1. The third-order valence-electron chi connectivity index (χ3n) is 4.17. The summed E-state index contributed by atoms with van der Waals surface area (Å²) in [5.41, 5.74) is 0.792. The van der Waals surface area contributed by atoms with E-state index in [1.165, 1.54) is 6.08 Å². The monoisotopic (exact) mass is 477 g/mol. The third-order valence-corrected chi connectivity index (χ3v) is 5.41. The highest BCUT2D eigenvalue weighted by molar-refractivity contribution is 8.18. The van der Waals surface area contributed by atoms with Crippen LogP contribution in [0.3, 0.4) is 0 Å². The number of rotatable bonds is 7. The van der Waals surface area contributed by atoms with Crippen molar-refractivity contribution < 1.29 is 33.1 Å². The standard InChI is InChI=1S/C22H20ClNO7S/c1-4-29-21(27)15-9-13(5-7-16(15)23)17-8-6-14(31-17)10-18-20(26)24(22(28)32-18)11-19(25)30-12(2)3/h5-10,12H,4,11H2,1-3H3/b18-10+. The average molecular weight is 478 g/mol. The fraction of sp³-hybridized carbons (Fsp3) is 0.273. The van der Waals surface area contributed by atoms with E-state index >= 15 is 0 Å². The summed E-state index contributed by atoms with van der Waals surface area (Å²) in [6.07, 6.45) is 1.07. The van der Waals surface area contributed by atoms with Crippen molar-refractivity contribution in [3.05, 3.63) is 51.6 Å². The average Bonchev–Trinajstić information content (AvgIpc) is 3.28. The zero-order valence-electron chi connectivity index (χ0n) is 17.5. The van der Waals surface area contributed by atoms with E-state index in [1.54, 1.807) is 51.1 Å². The van der Waals surface area contributed by atoms with E-state index in [9.17, 15) is 19.2 Å². The van der Waals surface area contributed by atoms with E-state index in [0.29, 0.717) is 28.8 Å². The number of esters is 2. The maximum absolute atomic E-state index is 12.5. The highest BCUT2D eigenvalue weighted by Gasteiger charge is 2.37. The Labute approximate surface area is 193 Å². The minimum absolute atomic E-state index is 0.122. The molecule has 0 N–H and O–H groups in total. The predicted octanol–water partition coefficient (Wildman–Crippen LogP) is 4.76. The Morgan fingerprint density at radius 2 is 1.97 bits per heavy atom. The van der Waals surface area contributed by atoms with E-state index in [-0.39, 0.29) is 28.2 Å². The van der Waals surface area contributed by atoms with Gasteiger partial charge in [-0.2, -0.15) is 0 Å². The molecular formula is C22H20ClNO7S.